The Morgan fingerprint density at radius 3 is 2.06 bits per heavy atom. The van der Waals surface area contributed by atoms with E-state index in [1.165, 1.54) is 0 Å². The summed E-state index contributed by atoms with van der Waals surface area (Å²) in [6.07, 6.45) is 0. The Morgan fingerprint density at radius 2 is 1.38 bits per heavy atom. The maximum Gasteiger partial charge on any atom is 0.104 e. The van der Waals surface area contributed by atoms with Crippen LogP contribution in [0.2, 0.25) is 5.02 Å². The van der Waals surface area contributed by atoms with Crippen molar-refractivity contribution in [1.82, 2.24) is 0 Å². The number of hydrogen-bond acceptors (Lipinski definition) is 2. The molecule has 2 aromatic rings. The van der Waals surface area contributed by atoms with Crippen molar-refractivity contribution in [3.05, 3.63) is 58.0 Å². The van der Waals surface area contributed by atoms with Gasteiger partial charge in [0.25, 0.3) is 0 Å². The minimum atomic E-state index is 0.596. The summed E-state index contributed by atoms with van der Waals surface area (Å²) in [7, 11) is 0. The SMILES string of the molecule is Clc1ccccc1N=Nc1ccccc1Br. The van der Waals surface area contributed by atoms with Crippen LogP contribution in [-0.2, 0) is 0 Å². The minimum Gasteiger partial charge on any atom is -0.149 e. The zero-order chi connectivity index (χ0) is 11.4. The van der Waals surface area contributed by atoms with Gasteiger partial charge in [0.05, 0.1) is 10.7 Å². The summed E-state index contributed by atoms with van der Waals surface area (Å²) in [6, 6.07) is 15.0. The average Bonchev–Trinajstić information content (AvgIpc) is 2.30. The second-order valence-corrected chi connectivity index (χ2v) is 4.36. The molecule has 2 nitrogen and oxygen atoms in total. The van der Waals surface area contributed by atoms with Crippen LogP contribution in [0.25, 0.3) is 0 Å². The van der Waals surface area contributed by atoms with Crippen LogP contribution in [0.1, 0.15) is 0 Å². The molecule has 0 fully saturated rings. The summed E-state index contributed by atoms with van der Waals surface area (Å²) >= 11 is 9.37. The third-order valence-corrected chi connectivity index (χ3v) is 2.96. The summed E-state index contributed by atoms with van der Waals surface area (Å²) in [5.74, 6) is 0. The number of nitrogens with zero attached hydrogens (tertiary/aromatic N) is 2. The van der Waals surface area contributed by atoms with Crippen molar-refractivity contribution in [1.29, 1.82) is 0 Å². The van der Waals surface area contributed by atoms with Gasteiger partial charge < -0.3 is 0 Å². The molecule has 0 aliphatic carbocycles. The van der Waals surface area contributed by atoms with Crippen LogP contribution in [-0.4, -0.2) is 0 Å². The van der Waals surface area contributed by atoms with Crippen LogP contribution in [0.15, 0.2) is 63.2 Å². The minimum absolute atomic E-state index is 0.596. The molecular formula is C12H8BrClN2. The number of rotatable bonds is 2. The zero-order valence-electron chi connectivity index (χ0n) is 8.27. The number of benzene rings is 2. The van der Waals surface area contributed by atoms with Gasteiger partial charge in [0.1, 0.15) is 5.69 Å². The molecule has 2 rings (SSSR count). The molecule has 0 heterocycles. The second kappa shape index (κ2) is 5.23. The van der Waals surface area contributed by atoms with Gasteiger partial charge in [-0.3, -0.25) is 0 Å². The van der Waals surface area contributed by atoms with Crippen molar-refractivity contribution in [2.24, 2.45) is 10.2 Å². The smallest absolute Gasteiger partial charge is 0.104 e. The Labute approximate surface area is 107 Å². The van der Waals surface area contributed by atoms with Crippen molar-refractivity contribution in [2.75, 3.05) is 0 Å². The molecule has 0 atom stereocenters. The lowest BCUT2D eigenvalue weighted by Crippen LogP contribution is -1.68. The molecule has 0 amide bonds. The molecule has 4 heteroatoms. The molecule has 0 aliphatic rings. The van der Waals surface area contributed by atoms with Gasteiger partial charge in [-0.1, -0.05) is 35.9 Å². The Kier molecular flexibility index (Phi) is 3.70. The van der Waals surface area contributed by atoms with E-state index in [-0.39, 0.29) is 0 Å². The Bertz CT molecular complexity index is 478. The van der Waals surface area contributed by atoms with Gasteiger partial charge in [0, 0.05) is 4.47 Å². The Balaban J connectivity index is 2.29. The van der Waals surface area contributed by atoms with E-state index < -0.39 is 0 Å². The predicted molar refractivity (Wildman–Crippen MR) is 69.8 cm³/mol. The third kappa shape index (κ3) is 2.68. The normalized spacial score (nSPS) is 10.9. The standard InChI is InChI=1S/C12H8BrClN2/c13-9-5-1-3-7-11(9)15-16-12-8-4-2-6-10(12)14/h1-8H. The first-order valence-electron chi connectivity index (χ1n) is 4.68. The van der Waals surface area contributed by atoms with Gasteiger partial charge in [0.2, 0.25) is 0 Å². The molecule has 0 aromatic heterocycles. The molecule has 0 radical (unpaired) electrons. The van der Waals surface area contributed by atoms with Gasteiger partial charge in [0.15, 0.2) is 0 Å². The Morgan fingerprint density at radius 1 is 0.812 bits per heavy atom. The second-order valence-electron chi connectivity index (χ2n) is 3.10. The van der Waals surface area contributed by atoms with Crippen LogP contribution in [0, 0.1) is 0 Å². The molecule has 0 unspecified atom stereocenters. The van der Waals surface area contributed by atoms with Crippen molar-refractivity contribution in [2.45, 2.75) is 0 Å². The zero-order valence-corrected chi connectivity index (χ0v) is 10.6. The lowest BCUT2D eigenvalue weighted by molar-refractivity contribution is 1.22. The van der Waals surface area contributed by atoms with Gasteiger partial charge >= 0.3 is 0 Å². The van der Waals surface area contributed by atoms with Gasteiger partial charge in [-0.05, 0) is 40.2 Å². The maximum absolute atomic E-state index is 5.96. The highest BCUT2D eigenvalue weighted by Crippen LogP contribution is 2.29. The van der Waals surface area contributed by atoms with E-state index in [9.17, 15) is 0 Å². The Hall–Kier alpha value is -1.19. The highest BCUT2D eigenvalue weighted by Gasteiger charge is 1.98. The van der Waals surface area contributed by atoms with E-state index in [2.05, 4.69) is 26.2 Å². The fourth-order valence-electron chi connectivity index (χ4n) is 1.17. The van der Waals surface area contributed by atoms with Gasteiger partial charge in [-0.15, -0.1) is 10.2 Å². The fraction of sp³-hybridized carbons (Fsp3) is 0. The number of azo groups is 1. The molecule has 0 bridgehead atoms. The van der Waals surface area contributed by atoms with E-state index >= 15 is 0 Å². The highest BCUT2D eigenvalue weighted by molar-refractivity contribution is 9.10. The summed E-state index contributed by atoms with van der Waals surface area (Å²) in [5, 5.41) is 8.83. The van der Waals surface area contributed by atoms with Crippen LogP contribution >= 0.6 is 27.5 Å². The van der Waals surface area contributed by atoms with Gasteiger partial charge in [-0.2, -0.15) is 0 Å². The molecule has 0 aliphatic heterocycles. The fourth-order valence-corrected chi connectivity index (χ4v) is 1.71. The third-order valence-electron chi connectivity index (χ3n) is 1.97. The molecule has 2 aromatic carbocycles. The predicted octanol–water partition coefficient (Wildman–Crippen LogP) is 5.52. The molecule has 16 heavy (non-hydrogen) atoms. The van der Waals surface area contributed by atoms with Crippen molar-refractivity contribution < 1.29 is 0 Å². The highest BCUT2D eigenvalue weighted by atomic mass is 79.9. The van der Waals surface area contributed by atoms with Crippen LogP contribution in [0.5, 0.6) is 0 Å². The monoisotopic (exact) mass is 294 g/mol. The van der Waals surface area contributed by atoms with E-state index in [4.69, 9.17) is 11.6 Å². The van der Waals surface area contributed by atoms with Crippen molar-refractivity contribution in [3.63, 3.8) is 0 Å². The number of halogens is 2. The lowest BCUT2D eigenvalue weighted by Gasteiger charge is -1.97. The molecule has 0 saturated heterocycles. The molecule has 0 saturated carbocycles. The summed E-state index contributed by atoms with van der Waals surface area (Å²) in [4.78, 5) is 0. The quantitative estimate of drug-likeness (QED) is 0.652. The first-order chi connectivity index (χ1) is 7.77. The van der Waals surface area contributed by atoms with Crippen LogP contribution < -0.4 is 0 Å². The molecular weight excluding hydrogens is 288 g/mol. The van der Waals surface area contributed by atoms with Crippen LogP contribution in [0.4, 0.5) is 11.4 Å². The number of hydrogen-bond donors (Lipinski definition) is 0. The average molecular weight is 296 g/mol. The molecule has 0 spiro atoms. The summed E-state index contributed by atoms with van der Waals surface area (Å²) in [6.45, 7) is 0. The van der Waals surface area contributed by atoms with Crippen molar-refractivity contribution in [3.8, 4) is 0 Å². The van der Waals surface area contributed by atoms with Gasteiger partial charge in [-0.25, -0.2) is 0 Å². The van der Waals surface area contributed by atoms with Crippen LogP contribution in [0.3, 0.4) is 0 Å². The first-order valence-corrected chi connectivity index (χ1v) is 5.85. The lowest BCUT2D eigenvalue weighted by atomic mass is 10.3. The summed E-state index contributed by atoms with van der Waals surface area (Å²) < 4.78 is 0.908. The topological polar surface area (TPSA) is 24.7 Å². The molecule has 80 valence electrons. The maximum atomic E-state index is 5.96. The molecule has 0 N–H and O–H groups in total. The summed E-state index contributed by atoms with van der Waals surface area (Å²) in [5.41, 5.74) is 1.45. The van der Waals surface area contributed by atoms with E-state index in [0.717, 1.165) is 10.2 Å². The first kappa shape index (κ1) is 11.3. The largest absolute Gasteiger partial charge is 0.149 e. The van der Waals surface area contributed by atoms with E-state index in [0.29, 0.717) is 10.7 Å². The van der Waals surface area contributed by atoms with Crippen molar-refractivity contribution >= 4 is 38.9 Å². The van der Waals surface area contributed by atoms with E-state index in [1.807, 2.05) is 42.5 Å². The van der Waals surface area contributed by atoms with E-state index in [1.54, 1.807) is 6.07 Å².